The van der Waals surface area contributed by atoms with Gasteiger partial charge in [0.25, 0.3) is 0 Å². The van der Waals surface area contributed by atoms with E-state index in [0.717, 1.165) is 6.07 Å². The van der Waals surface area contributed by atoms with Crippen molar-refractivity contribution < 1.29 is 18.3 Å². The minimum Gasteiger partial charge on any atom is -0.387 e. The Balaban J connectivity index is 2.08. The van der Waals surface area contributed by atoms with Gasteiger partial charge in [0.2, 0.25) is 0 Å². The third kappa shape index (κ3) is 2.33. The lowest BCUT2D eigenvalue weighted by Gasteiger charge is -2.37. The summed E-state index contributed by atoms with van der Waals surface area (Å²) in [5.41, 5.74) is -1.13. The Morgan fingerprint density at radius 2 is 2.06 bits per heavy atom. The van der Waals surface area contributed by atoms with Gasteiger partial charge >= 0.3 is 6.18 Å². The summed E-state index contributed by atoms with van der Waals surface area (Å²) in [6.07, 6.45) is -2.92. The van der Waals surface area contributed by atoms with Crippen molar-refractivity contribution in [3.8, 4) is 0 Å². The van der Waals surface area contributed by atoms with Gasteiger partial charge < -0.3 is 10.4 Å². The standard InChI is InChI=1S/C10H11F3N2O/c11-10(12,13)8-2-1-7(4-15-8)3-9(16)5-14-6-9/h1-2,4,14,16H,3,5-6H2. The first-order valence-electron chi connectivity index (χ1n) is 4.84. The van der Waals surface area contributed by atoms with Crippen LogP contribution in [-0.4, -0.2) is 28.8 Å². The number of hydrogen-bond acceptors (Lipinski definition) is 3. The van der Waals surface area contributed by atoms with E-state index in [-0.39, 0.29) is 0 Å². The molecule has 1 aliphatic rings. The lowest BCUT2D eigenvalue weighted by atomic mass is 9.90. The summed E-state index contributed by atoms with van der Waals surface area (Å²) in [5, 5.41) is 12.7. The monoisotopic (exact) mass is 232 g/mol. The van der Waals surface area contributed by atoms with Gasteiger partial charge in [-0.15, -0.1) is 0 Å². The van der Waals surface area contributed by atoms with Crippen molar-refractivity contribution in [3.63, 3.8) is 0 Å². The fraction of sp³-hybridized carbons (Fsp3) is 0.500. The van der Waals surface area contributed by atoms with Crippen LogP contribution in [0.15, 0.2) is 18.3 Å². The van der Waals surface area contributed by atoms with Gasteiger partial charge in [-0.1, -0.05) is 6.07 Å². The maximum Gasteiger partial charge on any atom is 0.433 e. The first-order valence-corrected chi connectivity index (χ1v) is 4.84. The van der Waals surface area contributed by atoms with E-state index in [4.69, 9.17) is 0 Å². The van der Waals surface area contributed by atoms with Crippen LogP contribution in [0.4, 0.5) is 13.2 Å². The van der Waals surface area contributed by atoms with Crippen molar-refractivity contribution in [2.45, 2.75) is 18.2 Å². The van der Waals surface area contributed by atoms with Gasteiger partial charge in [-0.25, -0.2) is 0 Å². The molecular weight excluding hydrogens is 221 g/mol. The molecule has 1 saturated heterocycles. The second-order valence-electron chi connectivity index (χ2n) is 4.05. The fourth-order valence-corrected chi connectivity index (χ4v) is 1.62. The smallest absolute Gasteiger partial charge is 0.387 e. The van der Waals surface area contributed by atoms with Crippen LogP contribution in [0.25, 0.3) is 0 Å². The van der Waals surface area contributed by atoms with Crippen molar-refractivity contribution in [3.05, 3.63) is 29.6 Å². The van der Waals surface area contributed by atoms with Crippen molar-refractivity contribution in [1.82, 2.24) is 10.3 Å². The van der Waals surface area contributed by atoms with Crippen LogP contribution in [0.1, 0.15) is 11.3 Å². The first kappa shape index (κ1) is 11.3. The summed E-state index contributed by atoms with van der Waals surface area (Å²) in [6.45, 7) is 0.933. The fourth-order valence-electron chi connectivity index (χ4n) is 1.62. The van der Waals surface area contributed by atoms with Crippen LogP contribution in [0.3, 0.4) is 0 Å². The molecule has 1 aromatic heterocycles. The number of nitrogens with zero attached hydrogens (tertiary/aromatic N) is 1. The Hall–Kier alpha value is -1.14. The minimum atomic E-state index is -4.41. The van der Waals surface area contributed by atoms with Gasteiger partial charge in [0.05, 0.1) is 5.60 Å². The third-order valence-electron chi connectivity index (χ3n) is 2.56. The highest BCUT2D eigenvalue weighted by molar-refractivity contribution is 5.19. The zero-order chi connectivity index (χ0) is 11.8. The molecule has 0 saturated carbocycles. The van der Waals surface area contributed by atoms with E-state index in [2.05, 4.69) is 10.3 Å². The maximum absolute atomic E-state index is 12.2. The molecule has 1 aromatic rings. The lowest BCUT2D eigenvalue weighted by Crippen LogP contribution is -2.60. The van der Waals surface area contributed by atoms with Crippen molar-refractivity contribution in [2.24, 2.45) is 0 Å². The van der Waals surface area contributed by atoms with E-state index in [1.165, 1.54) is 12.3 Å². The molecule has 6 heteroatoms. The molecule has 0 unspecified atom stereocenters. The maximum atomic E-state index is 12.2. The Kier molecular flexibility index (Phi) is 2.63. The van der Waals surface area contributed by atoms with Crippen molar-refractivity contribution in [1.29, 1.82) is 0 Å². The quantitative estimate of drug-likeness (QED) is 0.798. The summed E-state index contributed by atoms with van der Waals surface area (Å²) < 4.78 is 36.6. The van der Waals surface area contributed by atoms with Crippen molar-refractivity contribution >= 4 is 0 Å². The second kappa shape index (κ2) is 3.71. The van der Waals surface area contributed by atoms with E-state index in [1.807, 2.05) is 0 Å². The molecule has 1 aliphatic heterocycles. The molecule has 2 rings (SSSR count). The summed E-state index contributed by atoms with van der Waals surface area (Å²) >= 11 is 0. The average Bonchev–Trinajstić information content (AvgIpc) is 2.15. The van der Waals surface area contributed by atoms with Crippen LogP contribution in [0.5, 0.6) is 0 Å². The average molecular weight is 232 g/mol. The molecule has 0 amide bonds. The van der Waals surface area contributed by atoms with Crippen LogP contribution in [0, 0.1) is 0 Å². The third-order valence-corrected chi connectivity index (χ3v) is 2.56. The zero-order valence-electron chi connectivity index (χ0n) is 8.38. The van der Waals surface area contributed by atoms with Gasteiger partial charge in [0, 0.05) is 25.7 Å². The summed E-state index contributed by atoms with van der Waals surface area (Å²) in [7, 11) is 0. The molecule has 2 heterocycles. The Morgan fingerprint density at radius 3 is 2.44 bits per heavy atom. The van der Waals surface area contributed by atoms with Gasteiger partial charge in [0.15, 0.2) is 0 Å². The summed E-state index contributed by atoms with van der Waals surface area (Å²) in [5.74, 6) is 0. The molecular formula is C10H11F3N2O. The topological polar surface area (TPSA) is 45.2 Å². The van der Waals surface area contributed by atoms with Gasteiger partial charge in [-0.05, 0) is 11.6 Å². The van der Waals surface area contributed by atoms with E-state index in [9.17, 15) is 18.3 Å². The molecule has 2 N–H and O–H groups in total. The molecule has 0 atom stereocenters. The van der Waals surface area contributed by atoms with E-state index in [1.54, 1.807) is 0 Å². The highest BCUT2D eigenvalue weighted by atomic mass is 19.4. The van der Waals surface area contributed by atoms with Crippen LogP contribution >= 0.6 is 0 Å². The van der Waals surface area contributed by atoms with Crippen molar-refractivity contribution in [2.75, 3.05) is 13.1 Å². The van der Waals surface area contributed by atoms with Crippen LogP contribution in [-0.2, 0) is 12.6 Å². The largest absolute Gasteiger partial charge is 0.433 e. The number of halogens is 3. The number of β-amino-alcohol motifs (C(OH)–C–C–N with tert-alkyl or cyclic N) is 1. The summed E-state index contributed by atoms with van der Waals surface area (Å²) in [4.78, 5) is 3.34. The molecule has 0 aliphatic carbocycles. The Labute approximate surface area is 90.3 Å². The molecule has 0 aromatic carbocycles. The minimum absolute atomic E-state index is 0.325. The predicted octanol–water partition coefficient (Wildman–Crippen LogP) is 0.977. The molecule has 0 spiro atoms. The number of aromatic nitrogens is 1. The Bertz CT molecular complexity index is 371. The van der Waals surface area contributed by atoms with Gasteiger partial charge in [0.1, 0.15) is 5.69 Å². The SMILES string of the molecule is OC1(Cc2ccc(C(F)(F)F)nc2)CNC1. The lowest BCUT2D eigenvalue weighted by molar-refractivity contribution is -0.141. The number of alkyl halides is 3. The van der Waals surface area contributed by atoms with E-state index >= 15 is 0 Å². The number of hydrogen-bond donors (Lipinski definition) is 2. The highest BCUT2D eigenvalue weighted by Gasteiger charge is 2.35. The van der Waals surface area contributed by atoms with Gasteiger partial charge in [-0.2, -0.15) is 13.2 Å². The molecule has 88 valence electrons. The number of pyridine rings is 1. The molecule has 0 radical (unpaired) electrons. The number of rotatable bonds is 2. The first-order chi connectivity index (χ1) is 7.39. The second-order valence-corrected chi connectivity index (χ2v) is 4.05. The normalized spacial score (nSPS) is 19.2. The van der Waals surface area contributed by atoms with E-state index < -0.39 is 17.5 Å². The van der Waals surface area contributed by atoms with Crippen LogP contribution in [0.2, 0.25) is 0 Å². The number of nitrogens with one attached hydrogen (secondary N) is 1. The number of aliphatic hydroxyl groups is 1. The molecule has 0 bridgehead atoms. The molecule has 16 heavy (non-hydrogen) atoms. The van der Waals surface area contributed by atoms with Gasteiger partial charge in [-0.3, -0.25) is 4.98 Å². The molecule has 3 nitrogen and oxygen atoms in total. The predicted molar refractivity (Wildman–Crippen MR) is 50.8 cm³/mol. The summed E-state index contributed by atoms with van der Waals surface area (Å²) in [6, 6.07) is 2.29. The zero-order valence-corrected chi connectivity index (χ0v) is 8.38. The van der Waals surface area contributed by atoms with E-state index in [0.29, 0.717) is 25.1 Å². The Morgan fingerprint density at radius 1 is 1.38 bits per heavy atom. The highest BCUT2D eigenvalue weighted by Crippen LogP contribution is 2.27. The van der Waals surface area contributed by atoms with Crippen LogP contribution < -0.4 is 5.32 Å². The molecule has 1 fully saturated rings.